The summed E-state index contributed by atoms with van der Waals surface area (Å²) in [6.07, 6.45) is -0.999. The Labute approximate surface area is 47.2 Å². The molecule has 0 radical (unpaired) electrons. The van der Waals surface area contributed by atoms with Gasteiger partial charge in [-0.15, -0.1) is 0 Å². The van der Waals surface area contributed by atoms with Crippen molar-refractivity contribution in [2.45, 2.75) is 6.29 Å². The molecule has 1 saturated heterocycles. The standard InChI is InChI=1S/C4H8NO3/c6-4-3-5(7)1-2-8-4/h4,7H,1-3H2/q-1/p+1. The number of hydroxylamine groups is 2. The third-order valence-corrected chi connectivity index (χ3v) is 1.03. The molecule has 48 valence electrons. The summed E-state index contributed by atoms with van der Waals surface area (Å²) in [5.41, 5.74) is 0. The lowest BCUT2D eigenvalue weighted by atomic mass is 10.5. The van der Waals surface area contributed by atoms with E-state index in [1.165, 1.54) is 5.06 Å². The minimum atomic E-state index is -0.999. The average Bonchev–Trinajstić information content (AvgIpc) is 1.64. The van der Waals surface area contributed by atoms with Gasteiger partial charge in [-0.3, -0.25) is 0 Å². The van der Waals surface area contributed by atoms with Gasteiger partial charge in [0.05, 0.1) is 19.7 Å². The molecule has 1 heterocycles. The van der Waals surface area contributed by atoms with Crippen LogP contribution in [0.4, 0.5) is 0 Å². The van der Waals surface area contributed by atoms with Gasteiger partial charge in [0.15, 0.2) is 0 Å². The molecule has 1 rings (SSSR count). The first kappa shape index (κ1) is 5.97. The molecule has 1 aliphatic rings. The van der Waals surface area contributed by atoms with Gasteiger partial charge in [0, 0.05) is 6.29 Å². The van der Waals surface area contributed by atoms with Crippen molar-refractivity contribution in [3.63, 3.8) is 0 Å². The van der Waals surface area contributed by atoms with Gasteiger partial charge in [-0.25, -0.2) is 0 Å². The second kappa shape index (κ2) is 2.41. The predicted octanol–water partition coefficient (Wildman–Crippen LogP) is -2.36. The first-order chi connectivity index (χ1) is 3.79. The summed E-state index contributed by atoms with van der Waals surface area (Å²) in [5.74, 6) is 0. The van der Waals surface area contributed by atoms with E-state index in [4.69, 9.17) is 5.21 Å². The first-order valence-electron chi connectivity index (χ1n) is 2.52. The molecule has 0 saturated carbocycles. The fraction of sp³-hybridized carbons (Fsp3) is 1.00. The maximum absolute atomic E-state index is 10.4. The van der Waals surface area contributed by atoms with Crippen molar-refractivity contribution in [1.82, 2.24) is 5.06 Å². The van der Waals surface area contributed by atoms with E-state index in [-0.39, 0.29) is 6.54 Å². The molecular formula is C4H9NO3. The molecule has 1 fully saturated rings. The van der Waals surface area contributed by atoms with Crippen molar-refractivity contribution in [2.24, 2.45) is 0 Å². The third-order valence-electron chi connectivity index (χ3n) is 1.03. The molecule has 0 bridgehead atoms. The molecule has 0 aromatic heterocycles. The molecular weight excluding hydrogens is 110 g/mol. The second-order valence-electron chi connectivity index (χ2n) is 1.75. The molecule has 0 aliphatic carbocycles. The van der Waals surface area contributed by atoms with Crippen LogP contribution in [-0.2, 0) is 4.74 Å². The van der Waals surface area contributed by atoms with Crippen LogP contribution in [0.3, 0.4) is 0 Å². The van der Waals surface area contributed by atoms with Gasteiger partial charge in [0.2, 0.25) is 0 Å². The van der Waals surface area contributed by atoms with Gasteiger partial charge in [-0.2, -0.15) is 0 Å². The van der Waals surface area contributed by atoms with Crippen molar-refractivity contribution < 1.29 is 15.1 Å². The van der Waals surface area contributed by atoms with Gasteiger partial charge in [-0.05, 0) is 0 Å². The molecule has 8 heavy (non-hydrogen) atoms. The topological polar surface area (TPSA) is 58.4 Å². The zero-order valence-electron chi connectivity index (χ0n) is 4.46. The van der Waals surface area contributed by atoms with Crippen molar-refractivity contribution >= 4 is 0 Å². The Bertz CT molecular complexity index is 69.7. The summed E-state index contributed by atoms with van der Waals surface area (Å²) in [4.78, 5) is 0. The maximum Gasteiger partial charge on any atom is 0.0900 e. The molecule has 2 N–H and O–H groups in total. The maximum atomic E-state index is 10.4. The van der Waals surface area contributed by atoms with E-state index in [0.29, 0.717) is 13.2 Å². The predicted molar refractivity (Wildman–Crippen MR) is 24.9 cm³/mol. The smallest absolute Gasteiger partial charge is 0.0900 e. The highest BCUT2D eigenvalue weighted by Crippen LogP contribution is 1.94. The van der Waals surface area contributed by atoms with Gasteiger partial charge >= 0.3 is 0 Å². The molecule has 0 aromatic rings. The first-order valence-corrected chi connectivity index (χ1v) is 2.52. The summed E-state index contributed by atoms with van der Waals surface area (Å²) >= 11 is 0. The monoisotopic (exact) mass is 119 g/mol. The van der Waals surface area contributed by atoms with Gasteiger partial charge in [0.25, 0.3) is 0 Å². The number of morpholine rings is 1. The minimum absolute atomic E-state index is 0.194. The summed E-state index contributed by atoms with van der Waals surface area (Å²) in [5, 5.41) is 18.6. The Morgan fingerprint density at radius 1 is 1.75 bits per heavy atom. The Hall–Kier alpha value is -0.160. The van der Waals surface area contributed by atoms with Crippen LogP contribution in [0.5, 0.6) is 0 Å². The lowest BCUT2D eigenvalue weighted by molar-refractivity contribution is -0.506. The number of rotatable bonds is 0. The van der Waals surface area contributed by atoms with Gasteiger partial charge in [0.1, 0.15) is 0 Å². The van der Waals surface area contributed by atoms with E-state index < -0.39 is 6.29 Å². The third kappa shape index (κ3) is 1.41. The van der Waals surface area contributed by atoms with Crippen molar-refractivity contribution in [2.75, 3.05) is 19.7 Å². The highest BCUT2D eigenvalue weighted by atomic mass is 16.6. The largest absolute Gasteiger partial charge is 0.830 e. The molecule has 1 aliphatic heterocycles. The molecule has 1 unspecified atom stereocenters. The van der Waals surface area contributed by atoms with E-state index in [0.717, 1.165) is 0 Å². The number of hydrogen-bond acceptors (Lipinski definition) is 3. The Morgan fingerprint density at radius 3 is 2.88 bits per heavy atom. The highest BCUT2D eigenvalue weighted by molar-refractivity contribution is 4.52. The van der Waals surface area contributed by atoms with E-state index in [1.807, 2.05) is 0 Å². The van der Waals surface area contributed by atoms with Crippen molar-refractivity contribution in [1.29, 1.82) is 0 Å². The quantitative estimate of drug-likeness (QED) is 0.335. The van der Waals surface area contributed by atoms with Crippen LogP contribution < -0.4 is 5.11 Å². The molecule has 4 heteroatoms. The summed E-state index contributed by atoms with van der Waals surface area (Å²) in [6, 6.07) is 0. The number of hydrogen-bond donors (Lipinski definition) is 0. The average molecular weight is 119 g/mol. The van der Waals surface area contributed by atoms with Crippen LogP contribution in [0.2, 0.25) is 0 Å². The van der Waals surface area contributed by atoms with Crippen LogP contribution >= 0.6 is 0 Å². The van der Waals surface area contributed by atoms with E-state index in [1.54, 1.807) is 0 Å². The van der Waals surface area contributed by atoms with Crippen molar-refractivity contribution in [3.8, 4) is 0 Å². The zero-order chi connectivity index (χ0) is 5.98. The Kier molecular flexibility index (Phi) is 1.80. The fourth-order valence-corrected chi connectivity index (χ4v) is 0.618. The van der Waals surface area contributed by atoms with Gasteiger partial charge < -0.3 is 15.1 Å². The summed E-state index contributed by atoms with van der Waals surface area (Å²) in [7, 11) is 0. The van der Waals surface area contributed by atoms with Crippen molar-refractivity contribution in [3.05, 3.63) is 0 Å². The lowest BCUT2D eigenvalue weighted by Crippen LogP contribution is -2.46. The molecule has 1 atom stereocenters. The molecule has 0 amide bonds. The van der Waals surface area contributed by atoms with E-state index in [2.05, 4.69) is 4.74 Å². The second-order valence-corrected chi connectivity index (χ2v) is 1.75. The summed E-state index contributed by atoms with van der Waals surface area (Å²) in [6.45, 7) is 1.15. The van der Waals surface area contributed by atoms with E-state index >= 15 is 0 Å². The Balaban J connectivity index is 2.23. The normalized spacial score (nSPS) is 33.0. The van der Waals surface area contributed by atoms with E-state index in [9.17, 15) is 5.11 Å². The summed E-state index contributed by atoms with van der Waals surface area (Å²) < 4.78 is 4.63. The van der Waals surface area contributed by atoms with Crippen LogP contribution in [0.25, 0.3) is 0 Å². The minimum Gasteiger partial charge on any atom is -0.830 e. The molecule has 4 nitrogen and oxygen atoms in total. The lowest BCUT2D eigenvalue weighted by Gasteiger charge is -2.29. The highest BCUT2D eigenvalue weighted by Gasteiger charge is 2.12. The van der Waals surface area contributed by atoms with Gasteiger partial charge in [-0.1, -0.05) is 5.06 Å². The van der Waals surface area contributed by atoms with Crippen LogP contribution in [0.15, 0.2) is 0 Å². The van der Waals surface area contributed by atoms with Crippen LogP contribution in [0, 0.1) is 0 Å². The van der Waals surface area contributed by atoms with Crippen LogP contribution in [0.1, 0.15) is 0 Å². The van der Waals surface area contributed by atoms with Crippen LogP contribution in [-0.4, -0.2) is 36.3 Å². The molecule has 0 aromatic carbocycles. The Morgan fingerprint density at radius 2 is 2.50 bits per heavy atom. The number of ether oxygens (including phenoxy) is 1. The fourth-order valence-electron chi connectivity index (χ4n) is 0.618. The molecule has 0 spiro atoms. The SMILES string of the molecule is [O-]C1CN([OH2+])CCO1. The number of nitrogens with zero attached hydrogens (tertiary/aromatic N) is 1. The zero-order valence-corrected chi connectivity index (χ0v) is 4.46.